The number of hydrogen-bond acceptors (Lipinski definition) is 4. The summed E-state index contributed by atoms with van der Waals surface area (Å²) in [6.45, 7) is 0.397. The number of rotatable bonds is 4. The second-order valence-corrected chi connectivity index (χ2v) is 7.45. The molecule has 0 spiro atoms. The number of carbonyl (C=O) groups excluding carboxylic acids is 2. The maximum absolute atomic E-state index is 12.8. The molecule has 7 nitrogen and oxygen atoms in total. The molecule has 0 bridgehead atoms. The van der Waals surface area contributed by atoms with Gasteiger partial charge in [-0.1, -0.05) is 6.42 Å². The number of aliphatic hydroxyl groups is 1. The normalized spacial score (nSPS) is 28.1. The molecular weight excluding hydrogens is 348 g/mol. The molecule has 1 aromatic carbocycles. The van der Waals surface area contributed by atoms with E-state index in [-0.39, 0.29) is 29.9 Å². The first kappa shape index (κ1) is 18.0. The summed E-state index contributed by atoms with van der Waals surface area (Å²) in [7, 11) is 1.72. The third-order valence-corrected chi connectivity index (χ3v) is 5.75. The third kappa shape index (κ3) is 3.43. The molecule has 1 unspecified atom stereocenters. The predicted molar refractivity (Wildman–Crippen MR) is 96.6 cm³/mol. The molecule has 144 valence electrons. The van der Waals surface area contributed by atoms with E-state index in [1.807, 2.05) is 12.1 Å². The monoisotopic (exact) mass is 373 g/mol. The molecule has 4 rings (SSSR count). The highest BCUT2D eigenvalue weighted by Gasteiger charge is 2.41. The van der Waals surface area contributed by atoms with Crippen LogP contribution >= 0.6 is 0 Å². The van der Waals surface area contributed by atoms with Gasteiger partial charge in [0.2, 0.25) is 0 Å². The van der Waals surface area contributed by atoms with Crippen LogP contribution < -0.4 is 9.73 Å². The number of aliphatic hydroxyl groups excluding tert-OH is 1. The van der Waals surface area contributed by atoms with Gasteiger partial charge < -0.3 is 19.5 Å². The number of nitrogens with zero attached hydrogens (tertiary/aromatic N) is 1. The van der Waals surface area contributed by atoms with Crippen LogP contribution in [0.25, 0.3) is 0 Å². The van der Waals surface area contributed by atoms with E-state index in [9.17, 15) is 14.7 Å². The SMILES string of the molecule is CO[C@@H]1CCCC[C@H]1Oc1ccc2c(c1)CN(C1CCC(=O)[NH+]=C1O)C2=O. The maximum atomic E-state index is 12.8. The Hall–Kier alpha value is -2.41. The van der Waals surface area contributed by atoms with Crippen LogP contribution in [0.2, 0.25) is 0 Å². The van der Waals surface area contributed by atoms with Gasteiger partial charge in [-0.25, -0.2) is 4.79 Å². The molecule has 3 aliphatic rings. The van der Waals surface area contributed by atoms with Gasteiger partial charge in [-0.2, -0.15) is 0 Å². The maximum Gasteiger partial charge on any atom is 0.388 e. The van der Waals surface area contributed by atoms with Gasteiger partial charge in [-0.05, 0) is 49.4 Å². The molecule has 2 amide bonds. The van der Waals surface area contributed by atoms with Crippen molar-refractivity contribution < 1.29 is 29.2 Å². The van der Waals surface area contributed by atoms with Crippen LogP contribution in [0.5, 0.6) is 5.75 Å². The third-order valence-electron chi connectivity index (χ3n) is 5.75. The Labute approximate surface area is 158 Å². The lowest BCUT2D eigenvalue weighted by Gasteiger charge is -2.30. The standard InChI is InChI=1S/C20H24N2O5/c1-26-16-4-2-3-5-17(16)27-13-6-7-14-12(10-13)11-22(20(14)25)15-8-9-18(23)21-19(15)24/h6-7,10,15-17H,2-5,8-9,11H2,1H3,(H,21,23,24)/p+1/t15?,16-,17-/m1/s1. The predicted octanol–water partition coefficient (Wildman–Crippen LogP) is 0.705. The second kappa shape index (κ2) is 7.31. The van der Waals surface area contributed by atoms with Gasteiger partial charge in [0.25, 0.3) is 5.91 Å². The lowest BCUT2D eigenvalue weighted by molar-refractivity contribution is -0.394. The summed E-state index contributed by atoms with van der Waals surface area (Å²) in [5, 5.41) is 10.1. The molecule has 1 aliphatic carbocycles. The number of fused-ring (bicyclic) bond motifs is 1. The van der Waals surface area contributed by atoms with Gasteiger partial charge in [0.05, 0.1) is 12.5 Å². The van der Waals surface area contributed by atoms with E-state index in [0.717, 1.165) is 37.0 Å². The molecule has 1 fully saturated rings. The highest BCUT2D eigenvalue weighted by Crippen LogP contribution is 2.31. The number of nitrogens with one attached hydrogen (secondary N) is 1. The zero-order valence-electron chi connectivity index (χ0n) is 15.4. The zero-order valence-corrected chi connectivity index (χ0v) is 15.4. The van der Waals surface area contributed by atoms with Crippen molar-refractivity contribution in [2.24, 2.45) is 0 Å². The van der Waals surface area contributed by atoms with Crippen molar-refractivity contribution in [3.8, 4) is 5.75 Å². The number of hydrogen-bond donors (Lipinski definition) is 2. The summed E-state index contributed by atoms with van der Waals surface area (Å²) in [6, 6.07) is 5.04. The van der Waals surface area contributed by atoms with Gasteiger partial charge >= 0.3 is 11.8 Å². The summed E-state index contributed by atoms with van der Waals surface area (Å²) < 4.78 is 11.7. The lowest BCUT2D eigenvalue weighted by Crippen LogP contribution is -2.82. The van der Waals surface area contributed by atoms with Crippen molar-refractivity contribution in [1.82, 2.24) is 4.90 Å². The van der Waals surface area contributed by atoms with Crippen molar-refractivity contribution in [1.29, 1.82) is 0 Å². The average molecular weight is 373 g/mol. The zero-order chi connectivity index (χ0) is 19.0. The number of ether oxygens (including phenoxy) is 2. The fraction of sp³-hybridized carbons (Fsp3) is 0.550. The van der Waals surface area contributed by atoms with Crippen molar-refractivity contribution in [2.45, 2.75) is 63.3 Å². The Bertz CT molecular complexity index is 791. The summed E-state index contributed by atoms with van der Waals surface area (Å²) in [5.74, 6) is 0.247. The van der Waals surface area contributed by atoms with Gasteiger partial charge in [-0.15, -0.1) is 4.99 Å². The summed E-state index contributed by atoms with van der Waals surface area (Å²) in [4.78, 5) is 28.2. The minimum atomic E-state index is -0.483. The highest BCUT2D eigenvalue weighted by atomic mass is 16.5. The summed E-state index contributed by atoms with van der Waals surface area (Å²) >= 11 is 0. The van der Waals surface area contributed by atoms with Crippen LogP contribution in [0.15, 0.2) is 18.2 Å². The van der Waals surface area contributed by atoms with Crippen molar-refractivity contribution >= 4 is 17.7 Å². The Balaban J connectivity index is 1.51. The first-order chi connectivity index (χ1) is 13.1. The minimum Gasteiger partial charge on any atom is -0.488 e. The quantitative estimate of drug-likeness (QED) is 0.811. The Morgan fingerprint density at radius 1 is 1.15 bits per heavy atom. The van der Waals surface area contributed by atoms with Gasteiger partial charge in [0.1, 0.15) is 11.9 Å². The van der Waals surface area contributed by atoms with E-state index in [0.29, 0.717) is 24.9 Å². The molecule has 0 aromatic heterocycles. The smallest absolute Gasteiger partial charge is 0.388 e. The average Bonchev–Trinajstić information content (AvgIpc) is 2.98. The Morgan fingerprint density at radius 3 is 2.67 bits per heavy atom. The van der Waals surface area contributed by atoms with Gasteiger partial charge in [0.15, 0.2) is 6.04 Å². The van der Waals surface area contributed by atoms with Crippen LogP contribution in [-0.4, -0.2) is 53.1 Å². The number of amides is 2. The number of benzene rings is 1. The molecular formula is C20H25N2O5+. The summed E-state index contributed by atoms with van der Waals surface area (Å²) in [5.41, 5.74) is 1.51. The molecule has 27 heavy (non-hydrogen) atoms. The number of carbonyl (C=O) groups is 2. The van der Waals surface area contributed by atoms with Crippen LogP contribution in [-0.2, 0) is 16.1 Å². The van der Waals surface area contributed by atoms with E-state index < -0.39 is 6.04 Å². The topological polar surface area (TPSA) is 90.0 Å². The molecule has 3 atom stereocenters. The van der Waals surface area contributed by atoms with Crippen LogP contribution in [0.4, 0.5) is 0 Å². The van der Waals surface area contributed by atoms with Crippen LogP contribution in [0.3, 0.4) is 0 Å². The molecule has 7 heteroatoms. The van der Waals surface area contributed by atoms with E-state index >= 15 is 0 Å². The number of methoxy groups -OCH3 is 1. The molecule has 1 saturated carbocycles. The molecule has 2 heterocycles. The van der Waals surface area contributed by atoms with E-state index in [1.54, 1.807) is 18.1 Å². The molecule has 2 aliphatic heterocycles. The lowest BCUT2D eigenvalue weighted by atomic mass is 9.94. The Kier molecular flexibility index (Phi) is 4.86. The van der Waals surface area contributed by atoms with Gasteiger partial charge in [0, 0.05) is 19.2 Å². The highest BCUT2D eigenvalue weighted by molar-refractivity contribution is 6.01. The van der Waals surface area contributed by atoms with E-state index in [2.05, 4.69) is 4.99 Å². The summed E-state index contributed by atoms with van der Waals surface area (Å²) in [6.07, 6.45) is 5.10. The van der Waals surface area contributed by atoms with Crippen LogP contribution in [0, 0.1) is 0 Å². The largest absolute Gasteiger partial charge is 0.488 e. The minimum absolute atomic E-state index is 0.0287. The molecule has 0 saturated heterocycles. The first-order valence-corrected chi connectivity index (χ1v) is 9.56. The van der Waals surface area contributed by atoms with Gasteiger partial charge in [-0.3, -0.25) is 4.79 Å². The van der Waals surface area contributed by atoms with E-state index in [1.165, 1.54) is 0 Å². The van der Waals surface area contributed by atoms with Crippen molar-refractivity contribution in [3.63, 3.8) is 0 Å². The van der Waals surface area contributed by atoms with Crippen molar-refractivity contribution in [3.05, 3.63) is 29.3 Å². The Morgan fingerprint density at radius 2 is 1.93 bits per heavy atom. The van der Waals surface area contributed by atoms with Crippen LogP contribution in [0.1, 0.15) is 54.4 Å². The van der Waals surface area contributed by atoms with Crippen molar-refractivity contribution in [2.75, 3.05) is 7.11 Å². The first-order valence-electron chi connectivity index (χ1n) is 9.56. The molecule has 1 aromatic rings. The fourth-order valence-electron chi connectivity index (χ4n) is 4.28. The second-order valence-electron chi connectivity index (χ2n) is 7.45. The van der Waals surface area contributed by atoms with E-state index in [4.69, 9.17) is 9.47 Å². The molecule has 2 N–H and O–H groups in total. The molecule has 0 radical (unpaired) electrons. The fourth-order valence-corrected chi connectivity index (χ4v) is 4.28.